The molecule has 0 bridgehead atoms. The van der Waals surface area contributed by atoms with Crippen LogP contribution in [0.4, 0.5) is 0 Å². The van der Waals surface area contributed by atoms with Crippen LogP contribution in [0.25, 0.3) is 0 Å². The van der Waals surface area contributed by atoms with Crippen molar-refractivity contribution in [1.82, 2.24) is 10.7 Å². The summed E-state index contributed by atoms with van der Waals surface area (Å²) in [5.74, 6) is 0.636. The summed E-state index contributed by atoms with van der Waals surface area (Å²) in [5, 5.41) is 7.31. The number of nitrogens with zero attached hydrogens (tertiary/aromatic N) is 1. The molecule has 0 radical (unpaired) electrons. The number of hydrogen-bond acceptors (Lipinski definition) is 5. The van der Waals surface area contributed by atoms with E-state index in [4.69, 9.17) is 21.1 Å². The monoisotopic (exact) mass is 431 g/mol. The van der Waals surface area contributed by atoms with Crippen LogP contribution in [0.1, 0.15) is 36.2 Å². The van der Waals surface area contributed by atoms with E-state index in [-0.39, 0.29) is 11.8 Å². The summed E-state index contributed by atoms with van der Waals surface area (Å²) >= 11 is 5.86. The molecule has 160 valence electrons. The van der Waals surface area contributed by atoms with E-state index in [1.165, 1.54) is 13.3 Å². The Morgan fingerprint density at radius 1 is 1.10 bits per heavy atom. The SMILES string of the molecule is COc1ccc(C=NNC(=O)C(CC(C)C)NC(=O)c2ccc(Cl)cc2)c(OC)c1. The highest BCUT2D eigenvalue weighted by Crippen LogP contribution is 2.23. The number of hydrogen-bond donors (Lipinski definition) is 2. The molecular weight excluding hydrogens is 406 g/mol. The second-order valence-corrected chi connectivity index (χ2v) is 7.44. The third-order valence-electron chi connectivity index (χ3n) is 4.25. The van der Waals surface area contributed by atoms with Crippen molar-refractivity contribution in [3.63, 3.8) is 0 Å². The Hall–Kier alpha value is -3.06. The number of benzene rings is 2. The van der Waals surface area contributed by atoms with Crippen molar-refractivity contribution in [2.24, 2.45) is 11.0 Å². The summed E-state index contributed by atoms with van der Waals surface area (Å²) in [5.41, 5.74) is 3.58. The van der Waals surface area contributed by atoms with Gasteiger partial charge in [-0.25, -0.2) is 5.43 Å². The van der Waals surface area contributed by atoms with E-state index in [0.29, 0.717) is 34.1 Å². The van der Waals surface area contributed by atoms with Crippen LogP contribution in [0.5, 0.6) is 11.5 Å². The first kappa shape index (κ1) is 23.2. The van der Waals surface area contributed by atoms with Crippen molar-refractivity contribution in [3.8, 4) is 11.5 Å². The Balaban J connectivity index is 2.07. The van der Waals surface area contributed by atoms with Gasteiger partial charge in [-0.2, -0.15) is 5.10 Å². The quantitative estimate of drug-likeness (QED) is 0.468. The lowest BCUT2D eigenvalue weighted by atomic mass is 10.0. The van der Waals surface area contributed by atoms with Crippen LogP contribution in [0.2, 0.25) is 5.02 Å². The van der Waals surface area contributed by atoms with E-state index in [1.807, 2.05) is 13.8 Å². The number of hydrazone groups is 1. The second-order valence-electron chi connectivity index (χ2n) is 7.00. The van der Waals surface area contributed by atoms with Gasteiger partial charge in [-0.15, -0.1) is 0 Å². The first-order chi connectivity index (χ1) is 14.3. The molecule has 2 N–H and O–H groups in total. The van der Waals surface area contributed by atoms with Crippen molar-refractivity contribution >= 4 is 29.6 Å². The summed E-state index contributed by atoms with van der Waals surface area (Å²) in [7, 11) is 3.10. The van der Waals surface area contributed by atoms with E-state index < -0.39 is 11.9 Å². The molecule has 1 atom stereocenters. The molecule has 0 aromatic heterocycles. The highest BCUT2D eigenvalue weighted by Gasteiger charge is 2.22. The number of rotatable bonds is 9. The van der Waals surface area contributed by atoms with E-state index in [2.05, 4.69) is 15.8 Å². The minimum absolute atomic E-state index is 0.192. The van der Waals surface area contributed by atoms with Crippen molar-refractivity contribution < 1.29 is 19.1 Å². The number of methoxy groups -OCH3 is 2. The van der Waals surface area contributed by atoms with Gasteiger partial charge >= 0.3 is 0 Å². The number of nitrogens with one attached hydrogen (secondary N) is 2. The molecule has 0 aliphatic rings. The summed E-state index contributed by atoms with van der Waals surface area (Å²) in [6.45, 7) is 3.94. The van der Waals surface area contributed by atoms with Gasteiger partial charge in [0.1, 0.15) is 17.5 Å². The maximum Gasteiger partial charge on any atom is 0.262 e. The van der Waals surface area contributed by atoms with Gasteiger partial charge in [-0.1, -0.05) is 25.4 Å². The maximum absolute atomic E-state index is 12.6. The van der Waals surface area contributed by atoms with E-state index in [1.54, 1.807) is 49.6 Å². The Bertz CT molecular complexity index is 898. The zero-order valence-corrected chi connectivity index (χ0v) is 18.2. The van der Waals surface area contributed by atoms with Crippen LogP contribution < -0.4 is 20.2 Å². The minimum atomic E-state index is -0.733. The molecule has 30 heavy (non-hydrogen) atoms. The molecule has 2 rings (SSSR count). The molecule has 0 saturated carbocycles. The van der Waals surface area contributed by atoms with Gasteiger partial charge in [0, 0.05) is 22.2 Å². The Kier molecular flexibility index (Phi) is 8.68. The molecule has 0 saturated heterocycles. The number of halogens is 1. The van der Waals surface area contributed by atoms with Crippen LogP contribution in [0.3, 0.4) is 0 Å². The lowest BCUT2D eigenvalue weighted by Gasteiger charge is -2.19. The fourth-order valence-corrected chi connectivity index (χ4v) is 2.84. The molecule has 1 unspecified atom stereocenters. The molecule has 2 aromatic rings. The Labute approximate surface area is 181 Å². The third-order valence-corrected chi connectivity index (χ3v) is 4.51. The Morgan fingerprint density at radius 2 is 1.80 bits per heavy atom. The van der Waals surface area contributed by atoms with Gasteiger partial charge in [0.25, 0.3) is 11.8 Å². The standard InChI is InChI=1S/C22H26ClN3O4/c1-14(2)11-19(25-21(27)15-5-8-17(23)9-6-15)22(28)26-24-13-16-7-10-18(29-3)12-20(16)30-4/h5-10,12-14,19H,11H2,1-4H3,(H,25,27)(H,26,28). The van der Waals surface area contributed by atoms with Gasteiger partial charge < -0.3 is 14.8 Å². The molecule has 8 heteroatoms. The van der Waals surface area contributed by atoms with E-state index in [0.717, 1.165) is 0 Å². The predicted molar refractivity (Wildman–Crippen MR) is 117 cm³/mol. The fraction of sp³-hybridized carbons (Fsp3) is 0.318. The third kappa shape index (κ3) is 6.77. The highest BCUT2D eigenvalue weighted by atomic mass is 35.5. The molecular formula is C22H26ClN3O4. The number of ether oxygens (including phenoxy) is 2. The van der Waals surface area contributed by atoms with Crippen LogP contribution in [0.15, 0.2) is 47.6 Å². The number of carbonyl (C=O) groups is 2. The molecule has 0 heterocycles. The second kappa shape index (κ2) is 11.2. The van der Waals surface area contributed by atoms with Gasteiger partial charge in [0.15, 0.2) is 0 Å². The maximum atomic E-state index is 12.6. The zero-order valence-electron chi connectivity index (χ0n) is 17.4. The van der Waals surface area contributed by atoms with E-state index in [9.17, 15) is 9.59 Å². The zero-order chi connectivity index (χ0) is 22.1. The predicted octanol–water partition coefficient (Wildman–Crippen LogP) is 3.65. The number of amides is 2. The van der Waals surface area contributed by atoms with E-state index >= 15 is 0 Å². The average molecular weight is 432 g/mol. The average Bonchev–Trinajstić information content (AvgIpc) is 2.73. The molecule has 2 amide bonds. The summed E-state index contributed by atoms with van der Waals surface area (Å²) in [6.07, 6.45) is 1.94. The van der Waals surface area contributed by atoms with Crippen LogP contribution >= 0.6 is 11.6 Å². The summed E-state index contributed by atoms with van der Waals surface area (Å²) in [4.78, 5) is 25.1. The summed E-state index contributed by atoms with van der Waals surface area (Å²) < 4.78 is 10.5. The molecule has 2 aromatic carbocycles. The lowest BCUT2D eigenvalue weighted by Crippen LogP contribution is -2.46. The van der Waals surface area contributed by atoms with Crippen LogP contribution in [-0.4, -0.2) is 38.3 Å². The van der Waals surface area contributed by atoms with Gasteiger partial charge in [0.2, 0.25) is 0 Å². The smallest absolute Gasteiger partial charge is 0.262 e. The van der Waals surface area contributed by atoms with Crippen molar-refractivity contribution in [3.05, 3.63) is 58.6 Å². The normalized spacial score (nSPS) is 11.9. The van der Waals surface area contributed by atoms with Crippen molar-refractivity contribution in [1.29, 1.82) is 0 Å². The largest absolute Gasteiger partial charge is 0.497 e. The summed E-state index contributed by atoms with van der Waals surface area (Å²) in [6, 6.07) is 11.0. The van der Waals surface area contributed by atoms with Crippen LogP contribution in [-0.2, 0) is 4.79 Å². The molecule has 7 nitrogen and oxygen atoms in total. The first-order valence-electron chi connectivity index (χ1n) is 9.45. The lowest BCUT2D eigenvalue weighted by molar-refractivity contribution is -0.123. The number of carbonyl (C=O) groups excluding carboxylic acids is 2. The molecule has 0 aliphatic carbocycles. The fourth-order valence-electron chi connectivity index (χ4n) is 2.71. The van der Waals surface area contributed by atoms with Crippen LogP contribution in [0, 0.1) is 5.92 Å². The van der Waals surface area contributed by atoms with Crippen molar-refractivity contribution in [2.75, 3.05) is 14.2 Å². The van der Waals surface area contributed by atoms with Gasteiger partial charge in [-0.05, 0) is 48.7 Å². The van der Waals surface area contributed by atoms with Crippen molar-refractivity contribution in [2.45, 2.75) is 26.3 Å². The molecule has 0 fully saturated rings. The highest BCUT2D eigenvalue weighted by molar-refractivity contribution is 6.30. The van der Waals surface area contributed by atoms with Gasteiger partial charge in [-0.3, -0.25) is 9.59 Å². The minimum Gasteiger partial charge on any atom is -0.497 e. The first-order valence-corrected chi connectivity index (χ1v) is 9.83. The molecule has 0 aliphatic heterocycles. The molecule has 0 spiro atoms. The van der Waals surface area contributed by atoms with Gasteiger partial charge in [0.05, 0.1) is 20.4 Å². The topological polar surface area (TPSA) is 89.0 Å². The Morgan fingerprint density at radius 3 is 2.40 bits per heavy atom.